The van der Waals surface area contributed by atoms with Crippen molar-refractivity contribution in [3.05, 3.63) is 0 Å². The highest BCUT2D eigenvalue weighted by Gasteiger charge is 2.29. The molecule has 0 spiro atoms. The first-order valence-corrected chi connectivity index (χ1v) is 7.70. The van der Waals surface area contributed by atoms with Gasteiger partial charge in [0.15, 0.2) is 0 Å². The van der Waals surface area contributed by atoms with Crippen molar-refractivity contribution in [2.75, 3.05) is 26.2 Å². The van der Waals surface area contributed by atoms with Crippen molar-refractivity contribution in [2.45, 2.75) is 59.1 Å². The van der Waals surface area contributed by atoms with Gasteiger partial charge in [-0.3, -0.25) is 0 Å². The molecule has 1 heterocycles. The van der Waals surface area contributed by atoms with Crippen LogP contribution in [0.5, 0.6) is 0 Å². The lowest BCUT2D eigenvalue weighted by atomic mass is 9.88. The van der Waals surface area contributed by atoms with Crippen molar-refractivity contribution >= 4 is 0 Å². The largest absolute Gasteiger partial charge is 0.393 e. The van der Waals surface area contributed by atoms with Crippen LogP contribution in [0.2, 0.25) is 0 Å². The molecular weight excluding hydrogens is 224 g/mol. The minimum absolute atomic E-state index is 0.131. The normalized spacial score (nSPS) is 27.7. The Morgan fingerprint density at radius 3 is 2.56 bits per heavy atom. The van der Waals surface area contributed by atoms with Gasteiger partial charge in [-0.2, -0.15) is 0 Å². The maximum atomic E-state index is 10.1. The van der Waals surface area contributed by atoms with E-state index in [-0.39, 0.29) is 6.10 Å². The molecule has 3 heteroatoms. The van der Waals surface area contributed by atoms with Crippen LogP contribution in [0.4, 0.5) is 0 Å². The highest BCUT2D eigenvalue weighted by atomic mass is 16.3. The van der Waals surface area contributed by atoms with Crippen LogP contribution in [-0.2, 0) is 0 Å². The summed E-state index contributed by atoms with van der Waals surface area (Å²) < 4.78 is 0. The van der Waals surface area contributed by atoms with Gasteiger partial charge in [-0.1, -0.05) is 27.7 Å². The lowest BCUT2D eigenvalue weighted by molar-refractivity contribution is 0.0374. The number of nitrogens with one attached hydrogen (secondary N) is 1. The summed E-state index contributed by atoms with van der Waals surface area (Å²) >= 11 is 0. The Kier molecular flexibility index (Phi) is 7.20. The molecule has 0 amide bonds. The van der Waals surface area contributed by atoms with E-state index in [1.807, 2.05) is 0 Å². The first kappa shape index (κ1) is 15.9. The highest BCUT2D eigenvalue weighted by Crippen LogP contribution is 2.21. The Morgan fingerprint density at radius 2 is 2.00 bits per heavy atom. The zero-order valence-corrected chi connectivity index (χ0v) is 12.7. The van der Waals surface area contributed by atoms with E-state index >= 15 is 0 Å². The quantitative estimate of drug-likeness (QED) is 0.732. The number of hydrogen-bond acceptors (Lipinski definition) is 3. The highest BCUT2D eigenvalue weighted by molar-refractivity contribution is 4.86. The molecule has 0 bridgehead atoms. The predicted octanol–water partition coefficient (Wildman–Crippen LogP) is 2.10. The van der Waals surface area contributed by atoms with Gasteiger partial charge in [-0.05, 0) is 44.2 Å². The molecule has 3 unspecified atom stereocenters. The van der Waals surface area contributed by atoms with Gasteiger partial charge in [0.25, 0.3) is 0 Å². The molecule has 0 radical (unpaired) electrons. The number of rotatable bonds is 7. The second kappa shape index (κ2) is 8.13. The van der Waals surface area contributed by atoms with Crippen LogP contribution in [-0.4, -0.2) is 48.3 Å². The van der Waals surface area contributed by atoms with Crippen LogP contribution < -0.4 is 5.32 Å². The van der Waals surface area contributed by atoms with E-state index in [9.17, 15) is 5.11 Å². The fourth-order valence-corrected chi connectivity index (χ4v) is 2.83. The molecule has 0 saturated carbocycles. The third-order valence-corrected chi connectivity index (χ3v) is 4.12. The Balaban J connectivity index is 2.41. The van der Waals surface area contributed by atoms with E-state index in [4.69, 9.17) is 0 Å². The van der Waals surface area contributed by atoms with Gasteiger partial charge < -0.3 is 15.3 Å². The topological polar surface area (TPSA) is 35.5 Å². The summed E-state index contributed by atoms with van der Waals surface area (Å²) in [6.07, 6.45) is 3.11. The Labute approximate surface area is 113 Å². The summed E-state index contributed by atoms with van der Waals surface area (Å²) in [6, 6.07) is 0.559. The molecule has 0 aromatic rings. The molecule has 1 aliphatic heterocycles. The minimum Gasteiger partial charge on any atom is -0.393 e. The molecule has 3 atom stereocenters. The van der Waals surface area contributed by atoms with Crippen LogP contribution in [0.15, 0.2) is 0 Å². The first-order valence-electron chi connectivity index (χ1n) is 7.70. The van der Waals surface area contributed by atoms with Crippen LogP contribution in [0.3, 0.4) is 0 Å². The number of aliphatic hydroxyl groups excluding tert-OH is 1. The molecule has 0 aliphatic carbocycles. The number of hydrogen-bond donors (Lipinski definition) is 2. The lowest BCUT2D eigenvalue weighted by Crippen LogP contribution is -2.51. The van der Waals surface area contributed by atoms with Crippen molar-refractivity contribution in [1.82, 2.24) is 10.2 Å². The average Bonchev–Trinajstić information content (AvgIpc) is 2.36. The average molecular weight is 256 g/mol. The lowest BCUT2D eigenvalue weighted by Gasteiger charge is -2.39. The maximum absolute atomic E-state index is 10.1. The first-order chi connectivity index (χ1) is 8.56. The van der Waals surface area contributed by atoms with Crippen molar-refractivity contribution in [3.63, 3.8) is 0 Å². The Bertz CT molecular complexity index is 221. The van der Waals surface area contributed by atoms with Gasteiger partial charge in [0.2, 0.25) is 0 Å². The van der Waals surface area contributed by atoms with Crippen molar-refractivity contribution < 1.29 is 5.11 Å². The van der Waals surface area contributed by atoms with Gasteiger partial charge in [0.05, 0.1) is 6.10 Å². The van der Waals surface area contributed by atoms with Crippen molar-refractivity contribution in [1.29, 1.82) is 0 Å². The molecule has 1 saturated heterocycles. The molecule has 3 nitrogen and oxygen atoms in total. The van der Waals surface area contributed by atoms with Gasteiger partial charge in [0.1, 0.15) is 0 Å². The molecule has 1 fully saturated rings. The van der Waals surface area contributed by atoms with Crippen LogP contribution in [0.1, 0.15) is 47.0 Å². The smallest absolute Gasteiger partial charge is 0.0578 e. The third-order valence-electron chi connectivity index (χ3n) is 4.12. The second-order valence-electron chi connectivity index (χ2n) is 6.16. The van der Waals surface area contributed by atoms with Crippen LogP contribution >= 0.6 is 0 Å². The summed E-state index contributed by atoms with van der Waals surface area (Å²) in [5.74, 6) is 1.21. The Morgan fingerprint density at radius 1 is 1.28 bits per heavy atom. The zero-order valence-electron chi connectivity index (χ0n) is 12.7. The number of likely N-dealkylation sites (N-methyl/N-ethyl adjacent to an activating group) is 1. The van der Waals surface area contributed by atoms with Gasteiger partial charge in [-0.25, -0.2) is 0 Å². The fraction of sp³-hybridized carbons (Fsp3) is 1.00. The van der Waals surface area contributed by atoms with Gasteiger partial charge in [-0.15, -0.1) is 0 Å². The number of likely N-dealkylation sites (tertiary alicyclic amines) is 1. The SMILES string of the molecule is CCC(O)C1CC(NCCC(C)C)CN(CC)C1. The summed E-state index contributed by atoms with van der Waals surface area (Å²) in [6.45, 7) is 13.2. The summed E-state index contributed by atoms with van der Waals surface area (Å²) in [7, 11) is 0. The molecule has 108 valence electrons. The minimum atomic E-state index is -0.131. The third kappa shape index (κ3) is 5.25. The predicted molar refractivity (Wildman–Crippen MR) is 77.8 cm³/mol. The zero-order chi connectivity index (χ0) is 13.5. The maximum Gasteiger partial charge on any atom is 0.0578 e. The number of aliphatic hydroxyl groups is 1. The van der Waals surface area contributed by atoms with Crippen molar-refractivity contribution in [2.24, 2.45) is 11.8 Å². The van der Waals surface area contributed by atoms with E-state index in [1.165, 1.54) is 6.42 Å². The standard InChI is InChI=1S/C15H32N2O/c1-5-15(18)13-9-14(11-17(6-2)10-13)16-8-7-12(3)4/h12-16,18H,5-11H2,1-4H3. The second-order valence-corrected chi connectivity index (χ2v) is 6.16. The number of nitrogens with zero attached hydrogens (tertiary/aromatic N) is 1. The van der Waals surface area contributed by atoms with E-state index in [0.29, 0.717) is 12.0 Å². The van der Waals surface area contributed by atoms with Crippen molar-refractivity contribution in [3.8, 4) is 0 Å². The molecular formula is C15H32N2O. The molecule has 0 aromatic carbocycles. The van der Waals surface area contributed by atoms with E-state index in [1.54, 1.807) is 0 Å². The summed E-state index contributed by atoms with van der Waals surface area (Å²) in [4.78, 5) is 2.47. The monoisotopic (exact) mass is 256 g/mol. The van der Waals surface area contributed by atoms with E-state index in [0.717, 1.165) is 44.9 Å². The van der Waals surface area contributed by atoms with Crippen LogP contribution in [0.25, 0.3) is 0 Å². The molecule has 18 heavy (non-hydrogen) atoms. The Hall–Kier alpha value is -0.120. The molecule has 1 rings (SSSR count). The van der Waals surface area contributed by atoms with Gasteiger partial charge >= 0.3 is 0 Å². The fourth-order valence-electron chi connectivity index (χ4n) is 2.83. The molecule has 0 aromatic heterocycles. The van der Waals surface area contributed by atoms with Gasteiger partial charge in [0, 0.05) is 19.1 Å². The van der Waals surface area contributed by atoms with Crippen LogP contribution in [0, 0.1) is 11.8 Å². The van der Waals surface area contributed by atoms with E-state index in [2.05, 4.69) is 37.9 Å². The molecule has 2 N–H and O–H groups in total. The number of piperidine rings is 1. The molecule has 1 aliphatic rings. The van der Waals surface area contributed by atoms with E-state index < -0.39 is 0 Å². The summed E-state index contributed by atoms with van der Waals surface area (Å²) in [5, 5.41) is 13.7. The summed E-state index contributed by atoms with van der Waals surface area (Å²) in [5.41, 5.74) is 0.